The first kappa shape index (κ1) is 28.0. The van der Waals surface area contributed by atoms with Crippen molar-refractivity contribution in [3.63, 3.8) is 0 Å². The summed E-state index contributed by atoms with van der Waals surface area (Å²) in [5.74, 6) is -0.708. The van der Waals surface area contributed by atoms with Crippen molar-refractivity contribution >= 4 is 23.1 Å². The minimum absolute atomic E-state index is 0.00483. The zero-order valence-electron chi connectivity index (χ0n) is 24.0. The van der Waals surface area contributed by atoms with Gasteiger partial charge < -0.3 is 14.6 Å². The molecular weight excluding hydrogens is 490 g/mol. The van der Waals surface area contributed by atoms with Gasteiger partial charge in [0, 0.05) is 5.69 Å². The number of aliphatic hydroxyl groups excluding tert-OH is 1. The summed E-state index contributed by atoms with van der Waals surface area (Å²) in [7, 11) is 1.52. The molecule has 3 aromatic carbocycles. The molecule has 1 amide bonds. The fourth-order valence-corrected chi connectivity index (χ4v) is 5.04. The van der Waals surface area contributed by atoms with E-state index in [4.69, 9.17) is 9.47 Å². The smallest absolute Gasteiger partial charge is 0.300 e. The van der Waals surface area contributed by atoms with Crippen molar-refractivity contribution in [2.24, 2.45) is 0 Å². The Labute approximate surface area is 230 Å². The summed E-state index contributed by atoms with van der Waals surface area (Å²) >= 11 is 0. The second kappa shape index (κ2) is 10.6. The first-order chi connectivity index (χ1) is 18.3. The third-order valence-corrected chi connectivity index (χ3v) is 6.80. The van der Waals surface area contributed by atoms with Gasteiger partial charge in [0.2, 0.25) is 0 Å². The molecule has 0 saturated carbocycles. The Balaban J connectivity index is 2.02. The van der Waals surface area contributed by atoms with Crippen LogP contribution < -0.4 is 14.4 Å². The highest BCUT2D eigenvalue weighted by Gasteiger charge is 2.47. The van der Waals surface area contributed by atoms with Crippen molar-refractivity contribution in [2.75, 3.05) is 12.0 Å². The maximum atomic E-state index is 13.7. The lowest BCUT2D eigenvalue weighted by atomic mass is 9.85. The number of Topliss-reactive ketones (excluding diaryl/α,β-unsaturated/α-hetero) is 1. The Bertz CT molecular complexity index is 1440. The van der Waals surface area contributed by atoms with Gasteiger partial charge >= 0.3 is 0 Å². The molecule has 1 N–H and O–H groups in total. The highest BCUT2D eigenvalue weighted by Crippen LogP contribution is 2.44. The van der Waals surface area contributed by atoms with Crippen molar-refractivity contribution < 1.29 is 24.2 Å². The SMILES string of the molecule is COc1ccc(C(C)(C)C)cc1/C(O)=C1\C(=O)C(=O)N(c2cc(C)cc(C)c2)C1c1cccc(OC(C)C)c1. The van der Waals surface area contributed by atoms with Gasteiger partial charge in [-0.1, -0.05) is 45.0 Å². The number of ether oxygens (including phenoxy) is 2. The molecule has 1 heterocycles. The van der Waals surface area contributed by atoms with E-state index in [9.17, 15) is 14.7 Å². The van der Waals surface area contributed by atoms with Gasteiger partial charge in [-0.05, 0) is 91.8 Å². The number of carbonyl (C=O) groups is 2. The number of rotatable bonds is 6. The number of aryl methyl sites for hydroxylation is 2. The number of hydrogen-bond donors (Lipinski definition) is 1. The molecule has 1 unspecified atom stereocenters. The summed E-state index contributed by atoms with van der Waals surface area (Å²) in [5.41, 5.74) is 4.27. The van der Waals surface area contributed by atoms with E-state index in [1.54, 1.807) is 6.07 Å². The summed E-state index contributed by atoms with van der Waals surface area (Å²) in [4.78, 5) is 28.9. The average Bonchev–Trinajstić information content (AvgIpc) is 3.12. The highest BCUT2D eigenvalue weighted by molar-refractivity contribution is 6.51. The van der Waals surface area contributed by atoms with E-state index in [2.05, 4.69) is 20.8 Å². The van der Waals surface area contributed by atoms with Crippen LogP contribution in [0.3, 0.4) is 0 Å². The number of hydrogen-bond acceptors (Lipinski definition) is 5. The normalized spacial score (nSPS) is 17.2. The van der Waals surface area contributed by atoms with Gasteiger partial charge in [-0.2, -0.15) is 0 Å². The molecule has 0 aliphatic carbocycles. The molecule has 1 aliphatic heterocycles. The molecule has 3 aromatic rings. The summed E-state index contributed by atoms with van der Waals surface area (Å²) in [6.07, 6.45) is -0.0598. The molecule has 0 aromatic heterocycles. The molecule has 1 saturated heterocycles. The molecular formula is C33H37NO5. The molecule has 204 valence electrons. The van der Waals surface area contributed by atoms with Gasteiger partial charge in [0.15, 0.2) is 0 Å². The Hall–Kier alpha value is -4.06. The lowest BCUT2D eigenvalue weighted by Crippen LogP contribution is -2.29. The van der Waals surface area contributed by atoms with Gasteiger partial charge in [0.25, 0.3) is 11.7 Å². The number of amides is 1. The number of nitrogens with zero attached hydrogens (tertiary/aromatic N) is 1. The number of benzene rings is 3. The van der Waals surface area contributed by atoms with E-state index in [1.165, 1.54) is 12.0 Å². The van der Waals surface area contributed by atoms with Crippen LogP contribution in [-0.2, 0) is 15.0 Å². The van der Waals surface area contributed by atoms with E-state index in [0.29, 0.717) is 28.3 Å². The number of anilines is 1. The van der Waals surface area contributed by atoms with Crippen molar-refractivity contribution in [3.8, 4) is 11.5 Å². The molecule has 6 nitrogen and oxygen atoms in total. The number of methoxy groups -OCH3 is 1. The van der Waals surface area contributed by atoms with Gasteiger partial charge in [0.05, 0.1) is 30.4 Å². The van der Waals surface area contributed by atoms with E-state index in [1.807, 2.05) is 82.3 Å². The van der Waals surface area contributed by atoms with Gasteiger partial charge in [-0.3, -0.25) is 14.5 Å². The predicted octanol–water partition coefficient (Wildman–Crippen LogP) is 7.02. The molecule has 0 radical (unpaired) electrons. The van der Waals surface area contributed by atoms with Crippen LogP contribution in [0.1, 0.15) is 68.5 Å². The average molecular weight is 528 g/mol. The Kier molecular flexibility index (Phi) is 7.60. The predicted molar refractivity (Wildman–Crippen MR) is 155 cm³/mol. The second-order valence-corrected chi connectivity index (χ2v) is 11.4. The van der Waals surface area contributed by atoms with Crippen molar-refractivity contribution in [1.29, 1.82) is 0 Å². The van der Waals surface area contributed by atoms with Crippen molar-refractivity contribution in [2.45, 2.75) is 66.0 Å². The fourth-order valence-electron chi connectivity index (χ4n) is 5.04. The quantitative estimate of drug-likeness (QED) is 0.212. The van der Waals surface area contributed by atoms with Crippen LogP contribution >= 0.6 is 0 Å². The minimum Gasteiger partial charge on any atom is -0.507 e. The van der Waals surface area contributed by atoms with E-state index >= 15 is 0 Å². The molecule has 0 bridgehead atoms. The highest BCUT2D eigenvalue weighted by atomic mass is 16.5. The Morgan fingerprint density at radius 1 is 0.949 bits per heavy atom. The Morgan fingerprint density at radius 3 is 2.21 bits per heavy atom. The van der Waals surface area contributed by atoms with E-state index in [0.717, 1.165) is 16.7 Å². The van der Waals surface area contributed by atoms with Gasteiger partial charge in [-0.25, -0.2) is 0 Å². The zero-order valence-corrected chi connectivity index (χ0v) is 24.0. The number of ketones is 1. The number of aliphatic hydroxyl groups is 1. The summed E-state index contributed by atoms with van der Waals surface area (Å²) in [6.45, 7) is 14.0. The Morgan fingerprint density at radius 2 is 1.62 bits per heavy atom. The van der Waals surface area contributed by atoms with Crippen LogP contribution in [0, 0.1) is 13.8 Å². The van der Waals surface area contributed by atoms with Crippen LogP contribution in [0.4, 0.5) is 5.69 Å². The maximum Gasteiger partial charge on any atom is 0.300 e. The first-order valence-electron chi connectivity index (χ1n) is 13.2. The third kappa shape index (κ3) is 5.56. The molecule has 1 atom stereocenters. The molecule has 0 spiro atoms. The standard InChI is InChI=1S/C33H37NO5/c1-19(2)39-25-11-9-10-22(17-25)29-28(30(35)26-18-23(33(5,6)7)12-13-27(26)38-8)31(36)32(37)34(29)24-15-20(3)14-21(4)16-24/h9-19,29,35H,1-8H3/b30-28+. The molecule has 39 heavy (non-hydrogen) atoms. The van der Waals surface area contributed by atoms with E-state index < -0.39 is 17.7 Å². The van der Waals surface area contributed by atoms with Gasteiger partial charge in [0.1, 0.15) is 17.3 Å². The monoisotopic (exact) mass is 527 g/mol. The molecule has 4 rings (SSSR count). The number of carbonyl (C=O) groups excluding carboxylic acids is 2. The third-order valence-electron chi connectivity index (χ3n) is 6.80. The summed E-state index contributed by atoms with van der Waals surface area (Å²) < 4.78 is 11.5. The maximum absolute atomic E-state index is 13.7. The summed E-state index contributed by atoms with van der Waals surface area (Å²) in [6, 6.07) is 17.8. The lowest BCUT2D eigenvalue weighted by Gasteiger charge is -2.27. The fraction of sp³-hybridized carbons (Fsp3) is 0.333. The van der Waals surface area contributed by atoms with Crippen LogP contribution in [0.2, 0.25) is 0 Å². The van der Waals surface area contributed by atoms with Crippen LogP contribution in [-0.4, -0.2) is 30.0 Å². The largest absolute Gasteiger partial charge is 0.507 e. The molecule has 6 heteroatoms. The van der Waals surface area contributed by atoms with E-state index in [-0.39, 0.29) is 22.9 Å². The second-order valence-electron chi connectivity index (χ2n) is 11.4. The van der Waals surface area contributed by atoms with Crippen LogP contribution in [0.5, 0.6) is 11.5 Å². The topological polar surface area (TPSA) is 76.1 Å². The van der Waals surface area contributed by atoms with Crippen LogP contribution in [0.15, 0.2) is 66.2 Å². The minimum atomic E-state index is -0.870. The zero-order chi connectivity index (χ0) is 28.6. The van der Waals surface area contributed by atoms with Gasteiger partial charge in [-0.15, -0.1) is 0 Å². The van der Waals surface area contributed by atoms with Crippen molar-refractivity contribution in [3.05, 3.63) is 94.1 Å². The molecule has 1 fully saturated rings. The molecule has 1 aliphatic rings. The van der Waals surface area contributed by atoms with Crippen molar-refractivity contribution in [1.82, 2.24) is 0 Å². The lowest BCUT2D eigenvalue weighted by molar-refractivity contribution is -0.132. The first-order valence-corrected chi connectivity index (χ1v) is 13.2. The summed E-state index contributed by atoms with van der Waals surface area (Å²) in [5, 5.41) is 11.8. The van der Waals surface area contributed by atoms with Crippen LogP contribution in [0.25, 0.3) is 5.76 Å².